The van der Waals surface area contributed by atoms with Gasteiger partial charge in [0.1, 0.15) is 10.9 Å². The maximum atomic E-state index is 13.2. The molecule has 15 nitrogen and oxygen atoms in total. The fraction of sp³-hybridized carbons (Fsp3) is 0.130. The molecule has 192 valence electrons. The number of carboxylic acids is 1. The van der Waals surface area contributed by atoms with Gasteiger partial charge in [-0.1, -0.05) is 18.2 Å². The zero-order chi connectivity index (χ0) is 26.8. The van der Waals surface area contributed by atoms with Crippen molar-refractivity contribution in [3.05, 3.63) is 54.2 Å². The SMILES string of the molecule is CCOc1ccc(-c2c(C(=O)N=Nc3c(O)n(CC(=O)[O-])c4ccccc34)n[nH][n+]2-c2nonc2N)cc1. The Hall–Kier alpha value is -5.60. The Morgan fingerprint density at radius 1 is 1.21 bits per heavy atom. The third-order valence-corrected chi connectivity index (χ3v) is 5.50. The molecule has 2 aromatic carbocycles. The summed E-state index contributed by atoms with van der Waals surface area (Å²) in [5, 5.41) is 43.9. The number of fused-ring (bicyclic) bond motifs is 1. The number of amides is 1. The second-order valence-corrected chi connectivity index (χ2v) is 7.83. The van der Waals surface area contributed by atoms with E-state index in [0.717, 1.165) is 4.57 Å². The minimum absolute atomic E-state index is 0.0559. The first-order valence-electron chi connectivity index (χ1n) is 11.2. The number of aromatic nitrogens is 6. The standard InChI is InChI=1S/C23H19N9O6/c1-2-37-13-9-7-12(8-10-13)19-18(26-30-32(19)21-20(24)28-38-29-21)22(35)27-25-17-14-5-3-4-6-15(14)31(23(17)36)11-16(33)34/h3-10H,2,11H2,1H3,(H4,24,27,28,33,34,35,36). The molecule has 3 heterocycles. The molecule has 0 saturated carbocycles. The molecule has 0 atom stereocenters. The van der Waals surface area contributed by atoms with Gasteiger partial charge in [-0.15, -0.1) is 20.1 Å². The fourth-order valence-electron chi connectivity index (χ4n) is 3.90. The second-order valence-electron chi connectivity index (χ2n) is 7.83. The lowest BCUT2D eigenvalue weighted by Gasteiger charge is -2.06. The van der Waals surface area contributed by atoms with Crippen LogP contribution in [0.25, 0.3) is 28.0 Å². The number of H-pyrrole nitrogens is 1. The number of ether oxygens (including phenoxy) is 1. The zero-order valence-electron chi connectivity index (χ0n) is 19.7. The highest BCUT2D eigenvalue weighted by molar-refractivity contribution is 5.99. The van der Waals surface area contributed by atoms with Gasteiger partial charge in [-0.25, -0.2) is 0 Å². The molecule has 0 radical (unpaired) electrons. The van der Waals surface area contributed by atoms with Crippen LogP contribution in [-0.4, -0.2) is 48.8 Å². The van der Waals surface area contributed by atoms with E-state index in [4.69, 9.17) is 10.5 Å². The molecule has 0 spiro atoms. The third-order valence-electron chi connectivity index (χ3n) is 5.50. The number of benzene rings is 2. The molecule has 0 bridgehead atoms. The number of aliphatic carboxylic acids is 1. The summed E-state index contributed by atoms with van der Waals surface area (Å²) in [4.78, 5) is 24.4. The molecule has 0 aliphatic heterocycles. The molecule has 38 heavy (non-hydrogen) atoms. The predicted molar refractivity (Wildman–Crippen MR) is 126 cm³/mol. The lowest BCUT2D eigenvalue weighted by Crippen LogP contribution is -2.36. The first kappa shape index (κ1) is 24.1. The minimum atomic E-state index is -1.41. The van der Waals surface area contributed by atoms with E-state index in [1.807, 2.05) is 6.92 Å². The van der Waals surface area contributed by atoms with Crippen molar-refractivity contribution in [2.75, 3.05) is 12.3 Å². The summed E-state index contributed by atoms with van der Waals surface area (Å²) in [7, 11) is 0. The van der Waals surface area contributed by atoms with Crippen LogP contribution in [-0.2, 0) is 11.3 Å². The number of rotatable bonds is 8. The molecule has 4 N–H and O–H groups in total. The number of hydrogen-bond acceptors (Lipinski definition) is 11. The molecule has 5 rings (SSSR count). The molecule has 15 heteroatoms. The van der Waals surface area contributed by atoms with Crippen molar-refractivity contribution >= 4 is 34.3 Å². The number of hydrogen-bond donors (Lipinski definition) is 3. The van der Waals surface area contributed by atoms with Crippen LogP contribution < -0.4 is 20.3 Å². The second kappa shape index (κ2) is 9.81. The fourth-order valence-corrected chi connectivity index (χ4v) is 3.90. The van der Waals surface area contributed by atoms with E-state index in [1.165, 1.54) is 4.68 Å². The van der Waals surface area contributed by atoms with E-state index in [0.29, 0.717) is 28.8 Å². The molecule has 3 aromatic heterocycles. The van der Waals surface area contributed by atoms with Crippen LogP contribution in [0.5, 0.6) is 11.6 Å². The molecule has 0 unspecified atom stereocenters. The van der Waals surface area contributed by atoms with Crippen molar-refractivity contribution in [1.29, 1.82) is 0 Å². The summed E-state index contributed by atoms with van der Waals surface area (Å²) in [5.74, 6) is -2.17. The van der Waals surface area contributed by atoms with Gasteiger partial charge in [0, 0.05) is 10.9 Å². The summed E-state index contributed by atoms with van der Waals surface area (Å²) in [6, 6.07) is 13.3. The van der Waals surface area contributed by atoms with E-state index < -0.39 is 24.3 Å². The van der Waals surface area contributed by atoms with E-state index >= 15 is 0 Å². The number of anilines is 1. The van der Waals surface area contributed by atoms with Crippen LogP contribution in [0.2, 0.25) is 0 Å². The smallest absolute Gasteiger partial charge is 0.377 e. The van der Waals surface area contributed by atoms with Gasteiger partial charge in [0.25, 0.3) is 11.5 Å². The summed E-state index contributed by atoms with van der Waals surface area (Å²) < 4.78 is 12.6. The summed E-state index contributed by atoms with van der Waals surface area (Å²) >= 11 is 0. The van der Waals surface area contributed by atoms with Crippen LogP contribution in [0, 0.1) is 0 Å². The molecule has 0 saturated heterocycles. The van der Waals surface area contributed by atoms with Crippen molar-refractivity contribution in [3.63, 3.8) is 0 Å². The third kappa shape index (κ3) is 4.27. The largest absolute Gasteiger partial charge is 0.548 e. The highest BCUT2D eigenvalue weighted by atomic mass is 16.6. The van der Waals surface area contributed by atoms with Crippen molar-refractivity contribution < 1.29 is 33.8 Å². The molecular formula is C23H19N9O6. The Balaban J connectivity index is 1.58. The monoisotopic (exact) mass is 517 g/mol. The number of nitrogens with zero attached hydrogens (tertiary/aromatic N) is 7. The number of carboxylic acid groups (broad SMARTS) is 1. The topological polar surface area (TPSA) is 214 Å². The van der Waals surface area contributed by atoms with Crippen molar-refractivity contribution in [2.45, 2.75) is 13.5 Å². The molecule has 1 amide bonds. The first-order chi connectivity index (χ1) is 18.4. The quantitative estimate of drug-likeness (QED) is 0.196. The van der Waals surface area contributed by atoms with Gasteiger partial charge in [0.15, 0.2) is 11.4 Å². The number of azo groups is 1. The van der Waals surface area contributed by atoms with E-state index in [1.54, 1.807) is 48.5 Å². The zero-order valence-corrected chi connectivity index (χ0v) is 19.7. The molecule has 0 fully saturated rings. The Kier molecular flexibility index (Phi) is 6.22. The van der Waals surface area contributed by atoms with Crippen LogP contribution in [0.4, 0.5) is 11.5 Å². The highest BCUT2D eigenvalue weighted by Gasteiger charge is 2.32. The number of nitrogens with two attached hydrogens (primary N) is 1. The van der Waals surface area contributed by atoms with E-state index in [9.17, 15) is 19.8 Å². The Morgan fingerprint density at radius 2 is 1.97 bits per heavy atom. The number of nitrogen functional groups attached to an aromatic ring is 1. The van der Waals surface area contributed by atoms with Crippen LogP contribution in [0.3, 0.4) is 0 Å². The first-order valence-corrected chi connectivity index (χ1v) is 11.2. The van der Waals surface area contributed by atoms with Gasteiger partial charge in [-0.3, -0.25) is 4.79 Å². The van der Waals surface area contributed by atoms with E-state index in [2.05, 4.69) is 35.5 Å². The molecule has 0 aliphatic carbocycles. The number of nitrogens with one attached hydrogen (secondary N) is 1. The number of carbonyl (C=O) groups is 2. The van der Waals surface area contributed by atoms with Gasteiger partial charge in [-0.05, 0) is 47.5 Å². The lowest BCUT2D eigenvalue weighted by molar-refractivity contribution is -0.652. The Morgan fingerprint density at radius 3 is 2.66 bits per heavy atom. The van der Waals surface area contributed by atoms with Gasteiger partial charge in [0.05, 0.1) is 24.6 Å². The maximum Gasteiger partial charge on any atom is 0.377 e. The van der Waals surface area contributed by atoms with Crippen LogP contribution in [0.15, 0.2) is 63.4 Å². The summed E-state index contributed by atoms with van der Waals surface area (Å²) in [6.45, 7) is 1.71. The number of para-hydroxylation sites is 1. The molecule has 0 aliphatic rings. The summed E-state index contributed by atoms with van der Waals surface area (Å²) in [5.41, 5.74) is 6.73. The molecular weight excluding hydrogens is 498 g/mol. The Bertz CT molecular complexity index is 1680. The number of aromatic hydroxyl groups is 1. The van der Waals surface area contributed by atoms with E-state index in [-0.39, 0.29) is 28.7 Å². The van der Waals surface area contributed by atoms with Gasteiger partial charge in [-0.2, -0.15) is 4.63 Å². The summed E-state index contributed by atoms with van der Waals surface area (Å²) in [6.07, 6.45) is 0. The van der Waals surface area contributed by atoms with Crippen LogP contribution >= 0.6 is 0 Å². The van der Waals surface area contributed by atoms with Gasteiger partial charge in [0.2, 0.25) is 5.88 Å². The number of carbonyl (C=O) groups excluding carboxylic acids is 2. The van der Waals surface area contributed by atoms with Gasteiger partial charge >= 0.3 is 11.7 Å². The maximum absolute atomic E-state index is 13.2. The highest BCUT2D eigenvalue weighted by Crippen LogP contribution is 2.38. The Labute approximate surface area is 212 Å². The molecule has 5 aromatic rings. The van der Waals surface area contributed by atoms with Crippen LogP contribution in [0.1, 0.15) is 17.4 Å². The average Bonchev–Trinajstić information content (AvgIpc) is 3.60. The average molecular weight is 517 g/mol. The van der Waals surface area contributed by atoms with Gasteiger partial charge < -0.3 is 30.0 Å². The predicted octanol–water partition coefficient (Wildman–Crippen LogP) is 1.05. The normalized spacial score (nSPS) is 11.4. The lowest BCUT2D eigenvalue weighted by atomic mass is 10.1. The van der Waals surface area contributed by atoms with Crippen molar-refractivity contribution in [1.82, 2.24) is 25.2 Å². The minimum Gasteiger partial charge on any atom is -0.548 e. The number of aromatic amines is 1. The van der Waals surface area contributed by atoms with Crippen molar-refractivity contribution in [3.8, 4) is 28.7 Å². The van der Waals surface area contributed by atoms with Crippen molar-refractivity contribution in [2.24, 2.45) is 10.2 Å².